The molecular formula is C10H10N4. The van der Waals surface area contributed by atoms with Crippen LogP contribution >= 0.6 is 0 Å². The van der Waals surface area contributed by atoms with Gasteiger partial charge in [-0.2, -0.15) is 5.10 Å². The molecule has 2 rings (SSSR count). The third-order valence-corrected chi connectivity index (χ3v) is 2.01. The Balaban J connectivity index is 2.48. The quantitative estimate of drug-likeness (QED) is 0.684. The minimum Gasteiger partial charge on any atom is -0.399 e. The number of nitrogen functional groups attached to an aromatic ring is 1. The highest BCUT2D eigenvalue weighted by atomic mass is 15.1. The van der Waals surface area contributed by atoms with Crippen molar-refractivity contribution in [2.45, 2.75) is 6.92 Å². The highest BCUT2D eigenvalue weighted by molar-refractivity contribution is 5.61. The molecule has 0 spiro atoms. The maximum atomic E-state index is 5.71. The number of hydrogen-bond donors (Lipinski definition) is 1. The average Bonchev–Trinajstić information content (AvgIpc) is 2.23. The Morgan fingerprint density at radius 2 is 2.07 bits per heavy atom. The lowest BCUT2D eigenvalue weighted by molar-refractivity contribution is 0.979. The van der Waals surface area contributed by atoms with E-state index in [-0.39, 0.29) is 0 Å². The molecule has 1 heterocycles. The standard InChI is InChI=1S/C10H10N4/c1-7-6-8(2-3-9(7)11)10-12-4-5-13-14-10/h2-6H,11H2,1H3. The fourth-order valence-electron chi connectivity index (χ4n) is 1.19. The van der Waals surface area contributed by atoms with E-state index in [0.717, 1.165) is 16.8 Å². The lowest BCUT2D eigenvalue weighted by Gasteiger charge is -2.02. The van der Waals surface area contributed by atoms with Crippen molar-refractivity contribution in [2.24, 2.45) is 0 Å². The first-order valence-electron chi connectivity index (χ1n) is 4.27. The zero-order chi connectivity index (χ0) is 9.97. The van der Waals surface area contributed by atoms with Gasteiger partial charge in [0.15, 0.2) is 5.82 Å². The van der Waals surface area contributed by atoms with Crippen LogP contribution in [-0.2, 0) is 0 Å². The lowest BCUT2D eigenvalue weighted by atomic mass is 10.1. The van der Waals surface area contributed by atoms with Gasteiger partial charge in [0.05, 0.1) is 6.20 Å². The molecule has 14 heavy (non-hydrogen) atoms. The fourth-order valence-corrected chi connectivity index (χ4v) is 1.19. The lowest BCUT2D eigenvalue weighted by Crippen LogP contribution is -1.93. The Bertz CT molecular complexity index is 439. The van der Waals surface area contributed by atoms with Crippen LogP contribution in [0.2, 0.25) is 0 Å². The zero-order valence-corrected chi connectivity index (χ0v) is 7.81. The second kappa shape index (κ2) is 3.41. The largest absolute Gasteiger partial charge is 0.399 e. The van der Waals surface area contributed by atoms with Crippen LogP contribution in [0.3, 0.4) is 0 Å². The third-order valence-electron chi connectivity index (χ3n) is 2.01. The Morgan fingerprint density at radius 1 is 1.21 bits per heavy atom. The minimum absolute atomic E-state index is 0.621. The van der Waals surface area contributed by atoms with Gasteiger partial charge in [0.25, 0.3) is 0 Å². The Labute approximate surface area is 81.8 Å². The molecule has 0 aliphatic rings. The van der Waals surface area contributed by atoms with Gasteiger partial charge in [-0.15, -0.1) is 5.10 Å². The summed E-state index contributed by atoms with van der Waals surface area (Å²) >= 11 is 0. The fraction of sp³-hybridized carbons (Fsp3) is 0.100. The van der Waals surface area contributed by atoms with E-state index in [9.17, 15) is 0 Å². The Morgan fingerprint density at radius 3 is 2.71 bits per heavy atom. The van der Waals surface area contributed by atoms with Crippen molar-refractivity contribution >= 4 is 5.69 Å². The van der Waals surface area contributed by atoms with Crippen molar-refractivity contribution in [3.63, 3.8) is 0 Å². The molecule has 0 atom stereocenters. The summed E-state index contributed by atoms with van der Waals surface area (Å²) in [6.45, 7) is 1.95. The summed E-state index contributed by atoms with van der Waals surface area (Å²) in [6.07, 6.45) is 3.17. The predicted molar refractivity (Wildman–Crippen MR) is 54.4 cm³/mol. The van der Waals surface area contributed by atoms with E-state index in [1.165, 1.54) is 0 Å². The van der Waals surface area contributed by atoms with Crippen molar-refractivity contribution in [3.8, 4) is 11.4 Å². The van der Waals surface area contributed by atoms with Crippen LogP contribution in [-0.4, -0.2) is 15.2 Å². The van der Waals surface area contributed by atoms with Crippen molar-refractivity contribution in [2.75, 3.05) is 5.73 Å². The second-order valence-corrected chi connectivity index (χ2v) is 3.04. The van der Waals surface area contributed by atoms with Gasteiger partial charge < -0.3 is 5.73 Å². The van der Waals surface area contributed by atoms with Crippen molar-refractivity contribution in [1.82, 2.24) is 15.2 Å². The second-order valence-electron chi connectivity index (χ2n) is 3.04. The maximum absolute atomic E-state index is 5.71. The van der Waals surface area contributed by atoms with Gasteiger partial charge in [0, 0.05) is 17.4 Å². The molecule has 0 saturated carbocycles. The molecule has 4 heteroatoms. The highest BCUT2D eigenvalue weighted by Gasteiger charge is 2.01. The van der Waals surface area contributed by atoms with E-state index >= 15 is 0 Å². The third kappa shape index (κ3) is 1.54. The molecule has 4 nitrogen and oxygen atoms in total. The molecule has 0 radical (unpaired) electrons. The van der Waals surface area contributed by atoms with Gasteiger partial charge in [-0.25, -0.2) is 4.98 Å². The van der Waals surface area contributed by atoms with E-state index in [1.54, 1.807) is 12.4 Å². The van der Waals surface area contributed by atoms with Crippen LogP contribution in [0.25, 0.3) is 11.4 Å². The van der Waals surface area contributed by atoms with Gasteiger partial charge in [0.2, 0.25) is 0 Å². The number of benzene rings is 1. The molecule has 0 bridgehead atoms. The molecular weight excluding hydrogens is 176 g/mol. The van der Waals surface area contributed by atoms with Gasteiger partial charge in [-0.3, -0.25) is 0 Å². The molecule has 1 aromatic carbocycles. The van der Waals surface area contributed by atoms with Crippen molar-refractivity contribution in [1.29, 1.82) is 0 Å². The van der Waals surface area contributed by atoms with Crippen LogP contribution in [0.15, 0.2) is 30.6 Å². The SMILES string of the molecule is Cc1cc(-c2nccnn2)ccc1N. The number of nitrogens with zero attached hydrogens (tertiary/aromatic N) is 3. The summed E-state index contributed by atoms with van der Waals surface area (Å²) in [5, 5.41) is 7.69. The zero-order valence-electron chi connectivity index (χ0n) is 7.81. The van der Waals surface area contributed by atoms with Gasteiger partial charge >= 0.3 is 0 Å². The van der Waals surface area contributed by atoms with E-state index < -0.39 is 0 Å². The van der Waals surface area contributed by atoms with Crippen LogP contribution in [0.5, 0.6) is 0 Å². The number of nitrogens with two attached hydrogens (primary N) is 1. The summed E-state index contributed by atoms with van der Waals surface area (Å²) in [7, 11) is 0. The van der Waals surface area contributed by atoms with E-state index in [0.29, 0.717) is 5.82 Å². The number of hydrogen-bond acceptors (Lipinski definition) is 4. The first kappa shape index (κ1) is 8.62. The summed E-state index contributed by atoms with van der Waals surface area (Å²) in [4.78, 5) is 4.11. The van der Waals surface area contributed by atoms with Crippen LogP contribution < -0.4 is 5.73 Å². The molecule has 0 amide bonds. The summed E-state index contributed by atoms with van der Waals surface area (Å²) in [6, 6.07) is 5.69. The van der Waals surface area contributed by atoms with Gasteiger partial charge in [-0.1, -0.05) is 0 Å². The molecule has 2 N–H and O–H groups in total. The van der Waals surface area contributed by atoms with Gasteiger partial charge in [-0.05, 0) is 30.7 Å². The first-order valence-corrected chi connectivity index (χ1v) is 4.27. The van der Waals surface area contributed by atoms with Crippen molar-refractivity contribution < 1.29 is 0 Å². The normalized spacial score (nSPS) is 10.1. The van der Waals surface area contributed by atoms with Crippen molar-refractivity contribution in [3.05, 3.63) is 36.2 Å². The molecule has 2 aromatic rings. The topological polar surface area (TPSA) is 64.7 Å². The number of aromatic nitrogens is 3. The summed E-state index contributed by atoms with van der Waals surface area (Å²) in [5.41, 5.74) is 8.44. The molecule has 0 aliphatic carbocycles. The van der Waals surface area contributed by atoms with E-state index in [1.807, 2.05) is 25.1 Å². The molecule has 0 saturated heterocycles. The smallest absolute Gasteiger partial charge is 0.181 e. The number of anilines is 1. The molecule has 0 fully saturated rings. The Hall–Kier alpha value is -1.97. The average molecular weight is 186 g/mol. The maximum Gasteiger partial charge on any atom is 0.181 e. The monoisotopic (exact) mass is 186 g/mol. The molecule has 1 aromatic heterocycles. The van der Waals surface area contributed by atoms with Crippen LogP contribution in [0.1, 0.15) is 5.56 Å². The molecule has 0 aliphatic heterocycles. The first-order chi connectivity index (χ1) is 6.77. The van der Waals surface area contributed by atoms with Crippen LogP contribution in [0.4, 0.5) is 5.69 Å². The van der Waals surface area contributed by atoms with E-state index in [2.05, 4.69) is 15.2 Å². The Kier molecular flexibility index (Phi) is 2.10. The predicted octanol–water partition coefficient (Wildman–Crippen LogP) is 1.43. The molecule has 70 valence electrons. The minimum atomic E-state index is 0.621. The molecule has 0 unspecified atom stereocenters. The summed E-state index contributed by atoms with van der Waals surface area (Å²) < 4.78 is 0. The van der Waals surface area contributed by atoms with Gasteiger partial charge in [0.1, 0.15) is 0 Å². The van der Waals surface area contributed by atoms with Crippen LogP contribution in [0, 0.1) is 6.92 Å². The highest BCUT2D eigenvalue weighted by Crippen LogP contribution is 2.19. The number of rotatable bonds is 1. The number of aryl methyl sites for hydroxylation is 1. The summed E-state index contributed by atoms with van der Waals surface area (Å²) in [5.74, 6) is 0.621. The van der Waals surface area contributed by atoms with E-state index in [4.69, 9.17) is 5.73 Å².